The SMILES string of the molecule is CN(CC1CC(O)C1)c1ccc(F)cc1CNC(C)(C)C. The summed E-state index contributed by atoms with van der Waals surface area (Å²) in [7, 11) is 2.04. The maximum Gasteiger partial charge on any atom is 0.123 e. The number of nitrogens with one attached hydrogen (secondary N) is 1. The fourth-order valence-electron chi connectivity index (χ4n) is 2.76. The molecule has 0 spiro atoms. The van der Waals surface area contributed by atoms with E-state index in [4.69, 9.17) is 0 Å². The molecule has 0 heterocycles. The van der Waals surface area contributed by atoms with Gasteiger partial charge in [-0.2, -0.15) is 0 Å². The summed E-state index contributed by atoms with van der Waals surface area (Å²) < 4.78 is 13.5. The first-order valence-electron chi connectivity index (χ1n) is 7.67. The van der Waals surface area contributed by atoms with Crippen LogP contribution in [-0.2, 0) is 6.54 Å². The Bertz CT molecular complexity index is 478. The lowest BCUT2D eigenvalue weighted by Gasteiger charge is -2.36. The van der Waals surface area contributed by atoms with Gasteiger partial charge >= 0.3 is 0 Å². The second-order valence-corrected chi connectivity index (χ2v) is 7.25. The zero-order chi connectivity index (χ0) is 15.6. The molecule has 0 bridgehead atoms. The van der Waals surface area contributed by atoms with Crippen LogP contribution in [0.3, 0.4) is 0 Å². The largest absolute Gasteiger partial charge is 0.393 e. The Morgan fingerprint density at radius 3 is 2.57 bits per heavy atom. The van der Waals surface area contributed by atoms with Crippen molar-refractivity contribution in [1.29, 1.82) is 0 Å². The Kier molecular flexibility index (Phi) is 4.89. The van der Waals surface area contributed by atoms with Crippen molar-refractivity contribution in [2.75, 3.05) is 18.5 Å². The van der Waals surface area contributed by atoms with Crippen molar-refractivity contribution in [2.24, 2.45) is 5.92 Å². The number of hydrogen-bond donors (Lipinski definition) is 2. The number of anilines is 1. The molecule has 0 radical (unpaired) electrons. The zero-order valence-corrected chi connectivity index (χ0v) is 13.5. The van der Waals surface area contributed by atoms with Crippen LogP contribution in [0.5, 0.6) is 0 Å². The molecule has 1 aromatic rings. The third kappa shape index (κ3) is 4.68. The van der Waals surface area contributed by atoms with E-state index in [1.54, 1.807) is 6.07 Å². The molecule has 1 aromatic carbocycles. The Hall–Kier alpha value is -1.13. The lowest BCUT2D eigenvalue weighted by molar-refractivity contribution is 0.0464. The number of rotatable bonds is 5. The summed E-state index contributed by atoms with van der Waals surface area (Å²) in [5.41, 5.74) is 2.04. The van der Waals surface area contributed by atoms with Gasteiger partial charge < -0.3 is 15.3 Å². The smallest absolute Gasteiger partial charge is 0.123 e. The average Bonchev–Trinajstić information content (AvgIpc) is 2.33. The second kappa shape index (κ2) is 6.32. The van der Waals surface area contributed by atoms with Crippen molar-refractivity contribution in [3.05, 3.63) is 29.6 Å². The predicted molar refractivity (Wildman–Crippen MR) is 85.0 cm³/mol. The molecule has 1 saturated carbocycles. The first-order valence-corrected chi connectivity index (χ1v) is 7.67. The minimum Gasteiger partial charge on any atom is -0.393 e. The van der Waals surface area contributed by atoms with Gasteiger partial charge in [0.2, 0.25) is 0 Å². The Balaban J connectivity index is 2.06. The molecule has 21 heavy (non-hydrogen) atoms. The van der Waals surface area contributed by atoms with E-state index < -0.39 is 0 Å². The normalized spacial score (nSPS) is 22.0. The highest BCUT2D eigenvalue weighted by Gasteiger charge is 2.28. The van der Waals surface area contributed by atoms with Gasteiger partial charge in [-0.05, 0) is 63.3 Å². The molecule has 2 N–H and O–H groups in total. The van der Waals surface area contributed by atoms with E-state index in [9.17, 15) is 9.50 Å². The highest BCUT2D eigenvalue weighted by Crippen LogP contribution is 2.30. The molecule has 1 fully saturated rings. The molecule has 3 nitrogen and oxygen atoms in total. The van der Waals surface area contributed by atoms with Crippen molar-refractivity contribution in [3.8, 4) is 0 Å². The fourth-order valence-corrected chi connectivity index (χ4v) is 2.76. The minimum atomic E-state index is -0.197. The summed E-state index contributed by atoms with van der Waals surface area (Å²) in [6, 6.07) is 4.98. The van der Waals surface area contributed by atoms with Crippen LogP contribution >= 0.6 is 0 Å². The van der Waals surface area contributed by atoms with Crippen molar-refractivity contribution in [1.82, 2.24) is 5.32 Å². The van der Waals surface area contributed by atoms with E-state index in [-0.39, 0.29) is 17.5 Å². The van der Waals surface area contributed by atoms with Gasteiger partial charge in [-0.15, -0.1) is 0 Å². The maximum absolute atomic E-state index is 13.5. The molecule has 1 aliphatic carbocycles. The van der Waals surface area contributed by atoms with E-state index in [0.29, 0.717) is 12.5 Å². The Morgan fingerprint density at radius 2 is 2.00 bits per heavy atom. The first kappa shape index (κ1) is 16.2. The fraction of sp³-hybridized carbons (Fsp3) is 0.647. The van der Waals surface area contributed by atoms with Gasteiger partial charge in [0.25, 0.3) is 0 Å². The van der Waals surface area contributed by atoms with Crippen LogP contribution < -0.4 is 10.2 Å². The molecule has 0 unspecified atom stereocenters. The number of aliphatic hydroxyl groups excluding tert-OH is 1. The lowest BCUT2D eigenvalue weighted by atomic mass is 9.82. The second-order valence-electron chi connectivity index (χ2n) is 7.25. The highest BCUT2D eigenvalue weighted by atomic mass is 19.1. The van der Waals surface area contributed by atoms with Crippen molar-refractivity contribution in [2.45, 2.75) is 51.8 Å². The van der Waals surface area contributed by atoms with Gasteiger partial charge in [0.15, 0.2) is 0 Å². The summed E-state index contributed by atoms with van der Waals surface area (Å²) >= 11 is 0. The number of benzene rings is 1. The van der Waals surface area contributed by atoms with Crippen LogP contribution in [0.2, 0.25) is 0 Å². The molecule has 2 rings (SSSR count). The summed E-state index contributed by atoms with van der Waals surface area (Å²) in [4.78, 5) is 2.18. The van der Waals surface area contributed by atoms with Crippen LogP contribution in [0.15, 0.2) is 18.2 Å². The van der Waals surface area contributed by atoms with Gasteiger partial charge in [-0.1, -0.05) is 0 Å². The Morgan fingerprint density at radius 1 is 1.33 bits per heavy atom. The minimum absolute atomic E-state index is 0.000239. The van der Waals surface area contributed by atoms with Gasteiger partial charge in [-0.3, -0.25) is 0 Å². The summed E-state index contributed by atoms with van der Waals surface area (Å²) in [5.74, 6) is 0.343. The van der Waals surface area contributed by atoms with Crippen LogP contribution in [0, 0.1) is 11.7 Å². The quantitative estimate of drug-likeness (QED) is 0.876. The number of aliphatic hydroxyl groups is 1. The average molecular weight is 294 g/mol. The van der Waals surface area contributed by atoms with Crippen LogP contribution in [-0.4, -0.2) is 30.3 Å². The molecular formula is C17H27FN2O. The van der Waals surface area contributed by atoms with E-state index in [1.165, 1.54) is 6.07 Å². The topological polar surface area (TPSA) is 35.5 Å². The molecule has 0 aliphatic heterocycles. The van der Waals surface area contributed by atoms with Gasteiger partial charge in [0.05, 0.1) is 6.10 Å². The summed E-state index contributed by atoms with van der Waals surface area (Å²) in [6.45, 7) is 7.86. The summed E-state index contributed by atoms with van der Waals surface area (Å²) in [5, 5.41) is 12.8. The van der Waals surface area contributed by atoms with E-state index in [1.807, 2.05) is 13.1 Å². The molecule has 0 atom stereocenters. The predicted octanol–water partition coefficient (Wildman–Crippen LogP) is 2.92. The van der Waals surface area contributed by atoms with Crippen LogP contribution in [0.4, 0.5) is 10.1 Å². The molecular weight excluding hydrogens is 267 g/mol. The maximum atomic E-state index is 13.5. The van der Waals surface area contributed by atoms with Gasteiger partial charge in [0.1, 0.15) is 5.82 Å². The standard InChI is InChI=1S/C17H27FN2O/c1-17(2,3)19-10-13-9-14(18)5-6-16(13)20(4)11-12-7-15(21)8-12/h5-6,9,12,15,19,21H,7-8,10-11H2,1-4H3. The highest BCUT2D eigenvalue weighted by molar-refractivity contribution is 5.53. The number of hydrogen-bond acceptors (Lipinski definition) is 3. The zero-order valence-electron chi connectivity index (χ0n) is 13.5. The van der Waals surface area contributed by atoms with Gasteiger partial charge in [-0.25, -0.2) is 4.39 Å². The monoisotopic (exact) mass is 294 g/mol. The molecule has 0 aromatic heterocycles. The van der Waals surface area contributed by atoms with E-state index in [0.717, 1.165) is 30.6 Å². The number of halogens is 1. The van der Waals surface area contributed by atoms with Crippen LogP contribution in [0.1, 0.15) is 39.2 Å². The third-order valence-corrected chi connectivity index (χ3v) is 4.00. The summed E-state index contributed by atoms with van der Waals surface area (Å²) in [6.07, 6.45) is 1.63. The van der Waals surface area contributed by atoms with E-state index in [2.05, 4.69) is 31.0 Å². The van der Waals surface area contributed by atoms with Gasteiger partial charge in [0, 0.05) is 31.4 Å². The van der Waals surface area contributed by atoms with Crippen molar-refractivity contribution >= 4 is 5.69 Å². The van der Waals surface area contributed by atoms with Crippen LogP contribution in [0.25, 0.3) is 0 Å². The molecule has 0 saturated heterocycles. The molecule has 118 valence electrons. The third-order valence-electron chi connectivity index (χ3n) is 4.00. The Labute approximate surface area is 127 Å². The van der Waals surface area contributed by atoms with E-state index >= 15 is 0 Å². The first-order chi connectivity index (χ1) is 9.74. The molecule has 4 heteroatoms. The molecule has 0 amide bonds. The lowest BCUT2D eigenvalue weighted by Crippen LogP contribution is -2.38. The number of nitrogens with zero attached hydrogens (tertiary/aromatic N) is 1. The molecule has 1 aliphatic rings. The van der Waals surface area contributed by atoms with Crippen molar-refractivity contribution in [3.63, 3.8) is 0 Å². The van der Waals surface area contributed by atoms with Crippen molar-refractivity contribution < 1.29 is 9.50 Å².